The number of ether oxygens (including phenoxy) is 1. The van der Waals surface area contributed by atoms with Crippen LogP contribution in [0.2, 0.25) is 5.02 Å². The Morgan fingerprint density at radius 2 is 1.96 bits per heavy atom. The van der Waals surface area contributed by atoms with Gasteiger partial charge in [-0.1, -0.05) is 23.7 Å². The molecule has 150 valence electrons. The molecular weight excluding hydrogens is 444 g/mol. The van der Waals surface area contributed by atoms with Crippen LogP contribution in [0.3, 0.4) is 0 Å². The van der Waals surface area contributed by atoms with E-state index in [0.29, 0.717) is 30.1 Å². The number of halogens is 2. The Balaban J connectivity index is 1.92. The van der Waals surface area contributed by atoms with Gasteiger partial charge in [0.25, 0.3) is 0 Å². The van der Waals surface area contributed by atoms with Gasteiger partial charge in [-0.3, -0.25) is 9.59 Å². The highest BCUT2D eigenvalue weighted by atomic mass is 79.9. The van der Waals surface area contributed by atoms with E-state index in [0.717, 1.165) is 21.3 Å². The number of carbonyl (C=O) groups excluding carboxylic acids is 2. The zero-order valence-electron chi connectivity index (χ0n) is 16.2. The van der Waals surface area contributed by atoms with Crippen molar-refractivity contribution in [1.82, 2.24) is 4.90 Å². The monoisotopic (exact) mass is 466 g/mol. The van der Waals surface area contributed by atoms with Gasteiger partial charge in [-0.15, -0.1) is 0 Å². The first-order valence-corrected chi connectivity index (χ1v) is 10.2. The van der Waals surface area contributed by atoms with E-state index in [2.05, 4.69) is 21.2 Å². The number of hydrogen-bond donors (Lipinski definition) is 1. The van der Waals surface area contributed by atoms with Crippen molar-refractivity contribution in [3.8, 4) is 5.75 Å². The molecule has 2 aromatic carbocycles. The molecule has 7 heteroatoms. The number of rotatable bonds is 8. The average Bonchev–Trinajstić information content (AvgIpc) is 2.67. The van der Waals surface area contributed by atoms with Gasteiger partial charge in [-0.2, -0.15) is 0 Å². The maximum atomic E-state index is 12.6. The van der Waals surface area contributed by atoms with Gasteiger partial charge < -0.3 is 15.0 Å². The van der Waals surface area contributed by atoms with Crippen molar-refractivity contribution in [2.75, 3.05) is 25.5 Å². The van der Waals surface area contributed by atoms with E-state index in [9.17, 15) is 9.59 Å². The van der Waals surface area contributed by atoms with Crippen LogP contribution >= 0.6 is 27.5 Å². The van der Waals surface area contributed by atoms with Gasteiger partial charge in [0, 0.05) is 23.7 Å². The molecule has 0 aliphatic rings. The largest absolute Gasteiger partial charge is 0.496 e. The number of anilines is 1. The summed E-state index contributed by atoms with van der Waals surface area (Å²) in [4.78, 5) is 26.5. The Morgan fingerprint density at radius 1 is 1.21 bits per heavy atom. The predicted octanol–water partition coefficient (Wildman–Crippen LogP) is 4.84. The number of aryl methyl sites for hydroxylation is 2. The molecule has 2 rings (SSSR count). The minimum atomic E-state index is -0.243. The standard InChI is InChI=1S/C21H24BrClN2O3/c1-4-25(13-20(26)24-18-12-16(23)8-5-14(18)2)21(27)10-7-15-6-9-19(28-3)17(22)11-15/h5-6,8-9,11-12H,4,7,10,13H2,1-3H3,(H,24,26). The minimum Gasteiger partial charge on any atom is -0.496 e. The van der Waals surface area contributed by atoms with Crippen LogP contribution in [0.5, 0.6) is 5.75 Å². The SMILES string of the molecule is CCN(CC(=O)Nc1cc(Cl)ccc1C)C(=O)CCc1ccc(OC)c(Br)c1. The number of amides is 2. The van der Waals surface area contributed by atoms with E-state index in [1.165, 1.54) is 0 Å². The van der Waals surface area contributed by atoms with Crippen LogP contribution < -0.4 is 10.1 Å². The van der Waals surface area contributed by atoms with E-state index in [1.54, 1.807) is 24.1 Å². The summed E-state index contributed by atoms with van der Waals surface area (Å²) < 4.78 is 6.07. The van der Waals surface area contributed by atoms with Crippen LogP contribution in [0.4, 0.5) is 5.69 Å². The second-order valence-corrected chi connectivity index (χ2v) is 7.68. The van der Waals surface area contributed by atoms with Gasteiger partial charge in [0.1, 0.15) is 5.75 Å². The predicted molar refractivity (Wildman–Crippen MR) is 116 cm³/mol. The number of nitrogens with one attached hydrogen (secondary N) is 1. The molecule has 0 radical (unpaired) electrons. The van der Waals surface area contributed by atoms with Gasteiger partial charge in [-0.05, 0) is 71.6 Å². The summed E-state index contributed by atoms with van der Waals surface area (Å²) in [6.07, 6.45) is 0.920. The molecule has 0 heterocycles. The fraction of sp³-hybridized carbons (Fsp3) is 0.333. The zero-order chi connectivity index (χ0) is 20.7. The van der Waals surface area contributed by atoms with Crippen molar-refractivity contribution in [3.63, 3.8) is 0 Å². The van der Waals surface area contributed by atoms with Gasteiger partial charge in [0.15, 0.2) is 0 Å². The molecule has 0 saturated carbocycles. The molecule has 2 aromatic rings. The highest BCUT2D eigenvalue weighted by Gasteiger charge is 2.16. The number of carbonyl (C=O) groups is 2. The van der Waals surface area contributed by atoms with Crippen LogP contribution in [0.25, 0.3) is 0 Å². The van der Waals surface area contributed by atoms with Crippen LogP contribution in [-0.4, -0.2) is 36.9 Å². The number of likely N-dealkylation sites (N-methyl/N-ethyl adjacent to an activating group) is 1. The fourth-order valence-corrected chi connectivity index (χ4v) is 3.50. The summed E-state index contributed by atoms with van der Waals surface area (Å²) in [6, 6.07) is 11.1. The molecule has 0 atom stereocenters. The topological polar surface area (TPSA) is 58.6 Å². The summed E-state index contributed by atoms with van der Waals surface area (Å²) in [5, 5.41) is 3.38. The first-order chi connectivity index (χ1) is 13.3. The Hall–Kier alpha value is -2.05. The van der Waals surface area contributed by atoms with Crippen molar-refractivity contribution in [2.45, 2.75) is 26.7 Å². The maximum Gasteiger partial charge on any atom is 0.244 e. The Kier molecular flexibility index (Phi) is 8.33. The van der Waals surface area contributed by atoms with Gasteiger partial charge in [0.05, 0.1) is 18.1 Å². The summed E-state index contributed by atoms with van der Waals surface area (Å²) in [5.74, 6) is 0.443. The van der Waals surface area contributed by atoms with Crippen LogP contribution in [-0.2, 0) is 16.0 Å². The third kappa shape index (κ3) is 6.24. The van der Waals surface area contributed by atoms with Gasteiger partial charge >= 0.3 is 0 Å². The highest BCUT2D eigenvalue weighted by Crippen LogP contribution is 2.26. The molecule has 0 bridgehead atoms. The van der Waals surface area contributed by atoms with Crippen molar-refractivity contribution in [1.29, 1.82) is 0 Å². The molecule has 0 aromatic heterocycles. The lowest BCUT2D eigenvalue weighted by Crippen LogP contribution is -2.38. The lowest BCUT2D eigenvalue weighted by atomic mass is 10.1. The first kappa shape index (κ1) is 22.2. The second-order valence-electron chi connectivity index (χ2n) is 6.38. The second kappa shape index (κ2) is 10.5. The summed E-state index contributed by atoms with van der Waals surface area (Å²) in [6.45, 7) is 4.22. The summed E-state index contributed by atoms with van der Waals surface area (Å²) >= 11 is 9.44. The number of hydrogen-bond acceptors (Lipinski definition) is 3. The van der Waals surface area contributed by atoms with E-state index in [-0.39, 0.29) is 18.4 Å². The Bertz CT molecular complexity index is 858. The normalized spacial score (nSPS) is 10.5. The van der Waals surface area contributed by atoms with Gasteiger partial charge in [0.2, 0.25) is 11.8 Å². The Labute approximate surface area is 179 Å². The third-order valence-corrected chi connectivity index (χ3v) is 5.24. The molecular formula is C21H24BrClN2O3. The number of benzene rings is 2. The lowest BCUT2D eigenvalue weighted by Gasteiger charge is -2.21. The quantitative estimate of drug-likeness (QED) is 0.604. The minimum absolute atomic E-state index is 0.00753. The van der Waals surface area contributed by atoms with Crippen LogP contribution in [0.1, 0.15) is 24.5 Å². The van der Waals surface area contributed by atoms with Crippen molar-refractivity contribution in [2.24, 2.45) is 0 Å². The molecule has 5 nitrogen and oxygen atoms in total. The van der Waals surface area contributed by atoms with Crippen molar-refractivity contribution >= 4 is 45.0 Å². The highest BCUT2D eigenvalue weighted by molar-refractivity contribution is 9.10. The van der Waals surface area contributed by atoms with Crippen LogP contribution in [0, 0.1) is 6.92 Å². The molecule has 0 aliphatic heterocycles. The zero-order valence-corrected chi connectivity index (χ0v) is 18.6. The summed E-state index contributed by atoms with van der Waals surface area (Å²) in [5.41, 5.74) is 2.59. The lowest BCUT2D eigenvalue weighted by molar-refractivity contribution is -0.134. The number of nitrogens with zero attached hydrogens (tertiary/aromatic N) is 1. The average molecular weight is 468 g/mol. The third-order valence-electron chi connectivity index (χ3n) is 4.39. The molecule has 0 saturated heterocycles. The molecule has 0 aliphatic carbocycles. The summed E-state index contributed by atoms with van der Waals surface area (Å²) in [7, 11) is 1.61. The molecule has 2 amide bonds. The smallest absolute Gasteiger partial charge is 0.244 e. The van der Waals surface area contributed by atoms with E-state index < -0.39 is 0 Å². The molecule has 0 fully saturated rings. The molecule has 1 N–H and O–H groups in total. The molecule has 28 heavy (non-hydrogen) atoms. The van der Waals surface area contributed by atoms with Crippen molar-refractivity contribution < 1.29 is 14.3 Å². The van der Waals surface area contributed by atoms with E-state index in [1.807, 2.05) is 38.1 Å². The van der Waals surface area contributed by atoms with Gasteiger partial charge in [-0.25, -0.2) is 0 Å². The van der Waals surface area contributed by atoms with Crippen molar-refractivity contribution in [3.05, 3.63) is 57.0 Å². The molecule has 0 spiro atoms. The maximum absolute atomic E-state index is 12.6. The molecule has 0 unspecified atom stereocenters. The first-order valence-electron chi connectivity index (χ1n) is 9.00. The van der Waals surface area contributed by atoms with E-state index >= 15 is 0 Å². The Morgan fingerprint density at radius 3 is 2.61 bits per heavy atom. The van der Waals surface area contributed by atoms with E-state index in [4.69, 9.17) is 16.3 Å². The van der Waals surface area contributed by atoms with Crippen LogP contribution in [0.15, 0.2) is 40.9 Å². The number of methoxy groups -OCH3 is 1. The fourth-order valence-electron chi connectivity index (χ4n) is 2.74.